The molecule has 3 heterocycles. The van der Waals surface area contributed by atoms with E-state index >= 15 is 0 Å². The molecule has 0 aliphatic carbocycles. The lowest BCUT2D eigenvalue weighted by molar-refractivity contribution is -0.143. The maximum Gasteiger partial charge on any atom is 0.315 e. The topological polar surface area (TPSA) is 70.5 Å². The minimum absolute atomic E-state index is 0.291. The van der Waals surface area contributed by atoms with Crippen molar-refractivity contribution in [2.45, 2.75) is 32.2 Å². The third kappa shape index (κ3) is 3.77. The number of nitrogens with zero attached hydrogens (tertiary/aromatic N) is 4. The predicted octanol–water partition coefficient (Wildman–Crippen LogP) is 1.96. The first kappa shape index (κ1) is 18.6. The van der Waals surface area contributed by atoms with Crippen molar-refractivity contribution in [2.75, 3.05) is 31.5 Å². The van der Waals surface area contributed by atoms with Gasteiger partial charge in [0, 0.05) is 37.9 Å². The largest absolute Gasteiger partial charge is 0.333 e. The quantitative estimate of drug-likeness (QED) is 0.803. The Hall–Kier alpha value is -2.74. The average molecular weight is 385 g/mol. The van der Waals surface area contributed by atoms with Crippen LogP contribution in [0.15, 0.2) is 30.5 Å². The van der Waals surface area contributed by atoms with Gasteiger partial charge in [0.2, 0.25) is 0 Å². The van der Waals surface area contributed by atoms with Gasteiger partial charge in [-0.1, -0.05) is 0 Å². The second-order valence-electron chi connectivity index (χ2n) is 7.47. The fourth-order valence-corrected chi connectivity index (χ4v) is 4.11. The Morgan fingerprint density at radius 2 is 2.00 bits per heavy atom. The number of benzene rings is 1. The zero-order valence-electron chi connectivity index (χ0n) is 15.9. The van der Waals surface area contributed by atoms with Crippen LogP contribution in [-0.2, 0) is 9.59 Å². The smallest absolute Gasteiger partial charge is 0.315 e. The number of hydrogen-bond donors (Lipinski definition) is 1. The van der Waals surface area contributed by atoms with Gasteiger partial charge in [0.05, 0.1) is 5.69 Å². The van der Waals surface area contributed by atoms with Gasteiger partial charge < -0.3 is 10.2 Å². The second-order valence-corrected chi connectivity index (χ2v) is 7.47. The number of anilines is 1. The number of amides is 2. The van der Waals surface area contributed by atoms with Gasteiger partial charge >= 0.3 is 11.8 Å². The van der Waals surface area contributed by atoms with E-state index in [0.29, 0.717) is 30.6 Å². The van der Waals surface area contributed by atoms with Crippen molar-refractivity contribution in [3.8, 4) is 5.69 Å². The number of rotatable bonds is 2. The van der Waals surface area contributed by atoms with E-state index in [9.17, 15) is 14.0 Å². The Labute approximate surface area is 163 Å². The molecule has 0 radical (unpaired) electrons. The molecule has 1 aromatic heterocycles. The highest BCUT2D eigenvalue weighted by atomic mass is 19.1. The second kappa shape index (κ2) is 7.71. The molecule has 1 unspecified atom stereocenters. The summed E-state index contributed by atoms with van der Waals surface area (Å²) in [6, 6.07) is 6.38. The van der Waals surface area contributed by atoms with E-state index in [0.717, 1.165) is 37.9 Å². The fourth-order valence-electron chi connectivity index (χ4n) is 4.11. The molecule has 2 aliphatic rings. The fraction of sp³-hybridized carbons (Fsp3) is 0.450. The molecule has 0 saturated carbocycles. The summed E-state index contributed by atoms with van der Waals surface area (Å²) in [5, 5.41) is 6.88. The zero-order chi connectivity index (χ0) is 19.7. The number of nitrogens with one attached hydrogen (secondary N) is 1. The summed E-state index contributed by atoms with van der Waals surface area (Å²) in [4.78, 5) is 29.2. The number of fused-ring (bicyclic) bond motifs is 1. The number of aromatic nitrogens is 2. The molecule has 7 nitrogen and oxygen atoms in total. The predicted molar refractivity (Wildman–Crippen MR) is 103 cm³/mol. The minimum atomic E-state index is -0.674. The lowest BCUT2D eigenvalue weighted by Crippen LogP contribution is -2.44. The standard InChI is InChI=1S/C20H24FN5O2/c1-14-12-15(21)5-6-17(14)26-11-7-18(23-26)22-19(27)20(28)25-10-3-9-24-8-2-4-16(24)13-25/h5-7,11-12,16H,2-4,8-10,13H2,1H3,(H,22,23,27). The van der Waals surface area contributed by atoms with Crippen LogP contribution in [0.25, 0.3) is 5.69 Å². The first-order valence-corrected chi connectivity index (χ1v) is 9.68. The molecule has 1 atom stereocenters. The highest BCUT2D eigenvalue weighted by Crippen LogP contribution is 2.21. The van der Waals surface area contributed by atoms with E-state index in [1.54, 1.807) is 34.8 Å². The first-order valence-electron chi connectivity index (χ1n) is 9.68. The summed E-state index contributed by atoms with van der Waals surface area (Å²) in [5.41, 5.74) is 1.44. The normalized spacial score (nSPS) is 19.9. The third-order valence-electron chi connectivity index (χ3n) is 5.52. The van der Waals surface area contributed by atoms with Crippen molar-refractivity contribution in [1.29, 1.82) is 0 Å². The van der Waals surface area contributed by atoms with E-state index < -0.39 is 11.8 Å². The van der Waals surface area contributed by atoms with Crippen molar-refractivity contribution in [1.82, 2.24) is 19.6 Å². The molecular formula is C20H24FN5O2. The van der Waals surface area contributed by atoms with Crippen LogP contribution in [-0.4, -0.2) is 63.6 Å². The molecule has 0 bridgehead atoms. The van der Waals surface area contributed by atoms with Crippen LogP contribution >= 0.6 is 0 Å². The number of hydrogen-bond acceptors (Lipinski definition) is 4. The summed E-state index contributed by atoms with van der Waals surface area (Å²) >= 11 is 0. The molecule has 28 heavy (non-hydrogen) atoms. The summed E-state index contributed by atoms with van der Waals surface area (Å²) in [6.07, 6.45) is 4.78. The van der Waals surface area contributed by atoms with E-state index in [4.69, 9.17) is 0 Å². The molecule has 1 N–H and O–H groups in total. The van der Waals surface area contributed by atoms with Crippen molar-refractivity contribution in [3.05, 3.63) is 41.8 Å². The van der Waals surface area contributed by atoms with Gasteiger partial charge in [-0.15, -0.1) is 0 Å². The molecule has 1 aromatic carbocycles. The van der Waals surface area contributed by atoms with Gasteiger partial charge in [-0.05, 0) is 56.5 Å². The van der Waals surface area contributed by atoms with E-state index in [-0.39, 0.29) is 5.82 Å². The number of aryl methyl sites for hydroxylation is 1. The van der Waals surface area contributed by atoms with E-state index in [1.165, 1.54) is 12.1 Å². The van der Waals surface area contributed by atoms with Gasteiger partial charge in [0.25, 0.3) is 0 Å². The summed E-state index contributed by atoms with van der Waals surface area (Å²) < 4.78 is 14.8. The molecule has 2 saturated heterocycles. The van der Waals surface area contributed by atoms with Gasteiger partial charge in [0.1, 0.15) is 5.82 Å². The molecule has 148 valence electrons. The Morgan fingerprint density at radius 1 is 1.18 bits per heavy atom. The van der Waals surface area contributed by atoms with Crippen molar-refractivity contribution in [2.24, 2.45) is 0 Å². The summed E-state index contributed by atoms with van der Waals surface area (Å²) in [5.74, 6) is -1.21. The van der Waals surface area contributed by atoms with Crippen LogP contribution in [0.3, 0.4) is 0 Å². The van der Waals surface area contributed by atoms with Crippen LogP contribution in [0.2, 0.25) is 0 Å². The third-order valence-corrected chi connectivity index (χ3v) is 5.52. The maximum absolute atomic E-state index is 13.3. The Morgan fingerprint density at radius 3 is 2.82 bits per heavy atom. The highest BCUT2D eigenvalue weighted by molar-refractivity contribution is 6.39. The summed E-state index contributed by atoms with van der Waals surface area (Å²) in [7, 11) is 0. The lowest BCUT2D eigenvalue weighted by atomic mass is 10.2. The first-order chi connectivity index (χ1) is 13.5. The molecule has 2 fully saturated rings. The monoisotopic (exact) mass is 385 g/mol. The van der Waals surface area contributed by atoms with Crippen LogP contribution in [0.4, 0.5) is 10.2 Å². The molecule has 0 spiro atoms. The minimum Gasteiger partial charge on any atom is -0.333 e. The number of halogens is 1. The van der Waals surface area contributed by atoms with Gasteiger partial charge in [-0.2, -0.15) is 5.10 Å². The average Bonchev–Trinajstić information content (AvgIpc) is 3.25. The van der Waals surface area contributed by atoms with Crippen LogP contribution in [0.5, 0.6) is 0 Å². The number of carbonyl (C=O) groups excluding carboxylic acids is 2. The van der Waals surface area contributed by atoms with E-state index in [2.05, 4.69) is 15.3 Å². The molecular weight excluding hydrogens is 361 g/mol. The lowest BCUT2D eigenvalue weighted by Gasteiger charge is -2.25. The Kier molecular flexibility index (Phi) is 5.13. The maximum atomic E-state index is 13.3. The molecule has 2 aliphatic heterocycles. The van der Waals surface area contributed by atoms with Crippen molar-refractivity contribution < 1.29 is 14.0 Å². The summed E-state index contributed by atoms with van der Waals surface area (Å²) in [6.45, 7) is 5.06. The van der Waals surface area contributed by atoms with Gasteiger partial charge in [-0.25, -0.2) is 9.07 Å². The molecule has 8 heteroatoms. The van der Waals surface area contributed by atoms with E-state index in [1.807, 2.05) is 0 Å². The van der Waals surface area contributed by atoms with Crippen molar-refractivity contribution in [3.63, 3.8) is 0 Å². The van der Waals surface area contributed by atoms with Gasteiger partial charge in [0.15, 0.2) is 5.82 Å². The number of carbonyl (C=O) groups is 2. The van der Waals surface area contributed by atoms with Crippen molar-refractivity contribution >= 4 is 17.6 Å². The van der Waals surface area contributed by atoms with Crippen LogP contribution < -0.4 is 5.32 Å². The molecule has 4 rings (SSSR count). The van der Waals surface area contributed by atoms with Crippen LogP contribution in [0.1, 0.15) is 24.8 Å². The molecule has 2 amide bonds. The molecule has 2 aromatic rings. The Bertz CT molecular complexity index is 896. The van der Waals surface area contributed by atoms with Crippen LogP contribution in [0, 0.1) is 12.7 Å². The SMILES string of the molecule is Cc1cc(F)ccc1-n1ccc(NC(=O)C(=O)N2CCCN3CCCC3C2)n1. The van der Waals surface area contributed by atoms with Gasteiger partial charge in [-0.3, -0.25) is 14.5 Å². The highest BCUT2D eigenvalue weighted by Gasteiger charge is 2.32. The Balaban J connectivity index is 1.42. The zero-order valence-corrected chi connectivity index (χ0v) is 15.9.